The minimum Gasteiger partial charge on any atom is -0.309 e. The van der Waals surface area contributed by atoms with Crippen molar-refractivity contribution in [3.05, 3.63) is 188 Å². The van der Waals surface area contributed by atoms with Crippen molar-refractivity contribution in [3.8, 4) is 61.3 Å². The zero-order valence-corrected chi connectivity index (χ0v) is 29.0. The van der Waals surface area contributed by atoms with E-state index >= 15 is 0 Å². The Bertz CT molecular complexity index is 2590. The summed E-state index contributed by atoms with van der Waals surface area (Å²) in [5.41, 5.74) is 16.6. The molecule has 0 spiro atoms. The number of hydrogen-bond acceptors (Lipinski definition) is 0. The summed E-state index contributed by atoms with van der Waals surface area (Å²) in [4.78, 5) is 0. The molecule has 0 aliphatic carbocycles. The van der Waals surface area contributed by atoms with E-state index in [1.165, 1.54) is 93.5 Å². The summed E-state index contributed by atoms with van der Waals surface area (Å²) in [5, 5.41) is 5.61. The van der Waals surface area contributed by atoms with E-state index in [9.17, 15) is 0 Å². The summed E-state index contributed by atoms with van der Waals surface area (Å²) in [6.45, 7) is 0. The highest BCUT2D eigenvalue weighted by molar-refractivity contribution is 6.73. The van der Waals surface area contributed by atoms with Crippen LogP contribution in [0, 0.1) is 0 Å². The van der Waals surface area contributed by atoms with Gasteiger partial charge in [-0.1, -0.05) is 162 Å². The van der Waals surface area contributed by atoms with Crippen LogP contribution in [0.5, 0.6) is 0 Å². The molecule has 50 heavy (non-hydrogen) atoms. The highest BCUT2D eigenvalue weighted by Gasteiger charge is 2.22. The first-order valence-corrected chi connectivity index (χ1v) is 18.8. The van der Waals surface area contributed by atoms with Gasteiger partial charge in [0.2, 0.25) is 0 Å². The van der Waals surface area contributed by atoms with Crippen LogP contribution < -0.4 is 10.4 Å². The van der Waals surface area contributed by atoms with Crippen LogP contribution in [-0.4, -0.2) is 14.1 Å². The number of nitrogens with zero attached hydrogens (tertiary/aromatic N) is 1. The molecule has 10 rings (SSSR count). The van der Waals surface area contributed by atoms with Gasteiger partial charge in [0, 0.05) is 16.5 Å². The third kappa shape index (κ3) is 4.84. The van der Waals surface area contributed by atoms with E-state index in [4.69, 9.17) is 0 Å². The second-order valence-corrected chi connectivity index (χ2v) is 15.2. The molecule has 0 saturated heterocycles. The third-order valence-electron chi connectivity index (χ3n) is 10.4. The van der Waals surface area contributed by atoms with E-state index in [1.807, 2.05) is 0 Å². The molecule has 0 amide bonds. The lowest BCUT2D eigenvalue weighted by atomic mass is 9.98. The molecule has 0 atom stereocenters. The second kappa shape index (κ2) is 11.7. The van der Waals surface area contributed by atoms with Gasteiger partial charge >= 0.3 is 0 Å². The predicted octanol–water partition coefficient (Wildman–Crippen LogP) is 10.6. The van der Waals surface area contributed by atoms with Crippen molar-refractivity contribution in [2.75, 3.05) is 0 Å². The zero-order valence-electron chi connectivity index (χ0n) is 27.6. The Morgan fingerprint density at radius 3 is 1.22 bits per heavy atom. The molecule has 1 aliphatic heterocycles. The van der Waals surface area contributed by atoms with Crippen LogP contribution in [0.4, 0.5) is 0 Å². The number of rotatable bonds is 5. The summed E-state index contributed by atoms with van der Waals surface area (Å²) in [7, 11) is -0.645. The molecule has 9 aromatic rings. The summed E-state index contributed by atoms with van der Waals surface area (Å²) in [6, 6.07) is 69.3. The van der Waals surface area contributed by atoms with Crippen LogP contribution >= 0.6 is 0 Å². The molecule has 0 unspecified atom stereocenters. The topological polar surface area (TPSA) is 4.93 Å². The molecular weight excluding hydrogens is 619 g/mol. The Balaban J connectivity index is 1.05. The quantitative estimate of drug-likeness (QED) is 0.163. The van der Waals surface area contributed by atoms with Gasteiger partial charge in [-0.3, -0.25) is 0 Å². The molecule has 2 heterocycles. The van der Waals surface area contributed by atoms with Crippen molar-refractivity contribution in [2.24, 2.45) is 0 Å². The lowest BCUT2D eigenvalue weighted by Crippen LogP contribution is -2.21. The highest BCUT2D eigenvalue weighted by atomic mass is 28.2. The maximum Gasteiger partial charge on any atom is 0.0892 e. The fourth-order valence-electron chi connectivity index (χ4n) is 7.92. The van der Waals surface area contributed by atoms with Gasteiger partial charge < -0.3 is 4.57 Å². The molecule has 234 valence electrons. The first-order valence-electron chi connectivity index (χ1n) is 17.4. The van der Waals surface area contributed by atoms with Gasteiger partial charge in [-0.05, 0) is 92.0 Å². The van der Waals surface area contributed by atoms with Crippen molar-refractivity contribution in [1.29, 1.82) is 0 Å². The molecule has 0 saturated carbocycles. The minimum absolute atomic E-state index is 0.645. The lowest BCUT2D eigenvalue weighted by Gasteiger charge is -2.11. The fourth-order valence-corrected chi connectivity index (χ4v) is 9.96. The smallest absolute Gasteiger partial charge is 0.0892 e. The van der Waals surface area contributed by atoms with E-state index in [0.717, 1.165) is 0 Å². The number of fused-ring (bicyclic) bond motifs is 6. The summed E-state index contributed by atoms with van der Waals surface area (Å²) < 4.78 is 2.48. The molecule has 1 aliphatic rings. The first kappa shape index (κ1) is 28.8. The van der Waals surface area contributed by atoms with Gasteiger partial charge in [-0.25, -0.2) is 0 Å². The van der Waals surface area contributed by atoms with E-state index in [2.05, 4.69) is 193 Å². The van der Waals surface area contributed by atoms with Crippen molar-refractivity contribution < 1.29 is 0 Å². The molecule has 2 heteroatoms. The molecule has 0 radical (unpaired) electrons. The van der Waals surface area contributed by atoms with E-state index in [-0.39, 0.29) is 0 Å². The predicted molar refractivity (Wildman–Crippen MR) is 216 cm³/mol. The van der Waals surface area contributed by atoms with Crippen molar-refractivity contribution >= 4 is 41.7 Å². The Hall–Kier alpha value is -6.22. The minimum atomic E-state index is -0.645. The molecule has 1 aromatic heterocycles. The molecule has 0 fully saturated rings. The second-order valence-electron chi connectivity index (χ2n) is 13.4. The van der Waals surface area contributed by atoms with E-state index in [1.54, 1.807) is 0 Å². The monoisotopic (exact) mass is 651 g/mol. The number of hydrogen-bond donors (Lipinski definition) is 0. The maximum absolute atomic E-state index is 2.48. The van der Waals surface area contributed by atoms with Crippen LogP contribution in [0.1, 0.15) is 0 Å². The van der Waals surface area contributed by atoms with Gasteiger partial charge in [-0.2, -0.15) is 0 Å². The van der Waals surface area contributed by atoms with Gasteiger partial charge in [0.1, 0.15) is 0 Å². The van der Waals surface area contributed by atoms with Crippen LogP contribution in [-0.2, 0) is 0 Å². The number of benzene rings is 8. The van der Waals surface area contributed by atoms with E-state index < -0.39 is 9.52 Å². The first-order chi connectivity index (χ1) is 24.8. The summed E-state index contributed by atoms with van der Waals surface area (Å²) >= 11 is 0. The lowest BCUT2D eigenvalue weighted by molar-refractivity contribution is 1.18. The Labute approximate surface area is 294 Å². The maximum atomic E-state index is 2.48. The van der Waals surface area contributed by atoms with Crippen LogP contribution in [0.25, 0.3) is 83.1 Å². The summed E-state index contributed by atoms with van der Waals surface area (Å²) in [5.74, 6) is 0. The fraction of sp³-hybridized carbons (Fsp3) is 0. The van der Waals surface area contributed by atoms with Gasteiger partial charge in [-0.15, -0.1) is 0 Å². The van der Waals surface area contributed by atoms with Gasteiger partial charge in [0.05, 0.1) is 20.6 Å². The SMILES string of the molecule is c1ccc(-c2ccc(-c3ccc4c(c3)[SiH2]c3cc(-n5c6ccc(-c7ccccc7)cc6c6cc(-c7ccccc7)ccc65)ccc3-4)cc2)cc1. The third-order valence-corrected chi connectivity index (χ3v) is 12.4. The largest absolute Gasteiger partial charge is 0.309 e. The molecule has 1 nitrogen and oxygen atoms in total. The number of aromatic nitrogens is 1. The van der Waals surface area contributed by atoms with Crippen molar-refractivity contribution in [1.82, 2.24) is 4.57 Å². The van der Waals surface area contributed by atoms with Crippen LogP contribution in [0.2, 0.25) is 0 Å². The highest BCUT2D eigenvalue weighted by Crippen LogP contribution is 2.38. The van der Waals surface area contributed by atoms with Gasteiger partial charge in [0.15, 0.2) is 0 Å². The Morgan fingerprint density at radius 2 is 0.680 bits per heavy atom. The average molecular weight is 652 g/mol. The normalized spacial score (nSPS) is 12.4. The molecular formula is C48H33NSi. The Morgan fingerprint density at radius 1 is 0.300 bits per heavy atom. The van der Waals surface area contributed by atoms with Crippen LogP contribution in [0.15, 0.2) is 188 Å². The van der Waals surface area contributed by atoms with Gasteiger partial charge in [0.25, 0.3) is 0 Å². The van der Waals surface area contributed by atoms with Crippen molar-refractivity contribution in [3.63, 3.8) is 0 Å². The summed E-state index contributed by atoms with van der Waals surface area (Å²) in [6.07, 6.45) is 0. The molecule has 0 bridgehead atoms. The average Bonchev–Trinajstić information content (AvgIpc) is 3.73. The van der Waals surface area contributed by atoms with Crippen LogP contribution in [0.3, 0.4) is 0 Å². The molecule has 8 aromatic carbocycles. The zero-order chi connectivity index (χ0) is 33.0. The molecule has 0 N–H and O–H groups in total. The van der Waals surface area contributed by atoms with E-state index in [0.29, 0.717) is 0 Å². The van der Waals surface area contributed by atoms with Crippen molar-refractivity contribution in [2.45, 2.75) is 0 Å². The Kier molecular flexibility index (Phi) is 6.75. The standard InChI is InChI=1S/C48H33NSi/c1-4-10-32(11-5-1)35-16-18-36(19-17-35)39-20-24-41-42-25-23-40(31-48(42)50-47(41)30-39)49-45-26-21-37(33-12-6-2-7-13-33)28-43(45)44-29-38(22-27-46(44)49)34-14-8-3-9-15-34/h1-31H,50H2.